The fourth-order valence-electron chi connectivity index (χ4n) is 4.62. The van der Waals surface area contributed by atoms with Gasteiger partial charge in [0.15, 0.2) is 0 Å². The first-order valence-electron chi connectivity index (χ1n) is 11.3. The van der Waals surface area contributed by atoms with E-state index in [9.17, 15) is 22.8 Å². The number of nitrogens with one attached hydrogen (secondary N) is 2. The van der Waals surface area contributed by atoms with E-state index >= 15 is 0 Å². The normalized spacial score (nSPS) is 17.4. The van der Waals surface area contributed by atoms with E-state index in [1.165, 1.54) is 24.0 Å². The molecule has 0 saturated carbocycles. The number of cyclic esters (lactones) is 1. The summed E-state index contributed by atoms with van der Waals surface area (Å²) >= 11 is 0. The number of carbonyl (C=O) groups is 2. The van der Waals surface area contributed by atoms with Gasteiger partial charge in [0.25, 0.3) is 0 Å². The molecule has 1 aliphatic heterocycles. The number of amides is 2. The Hall–Kier alpha value is -3.82. The molecule has 3 aromatic rings. The zero-order valence-corrected chi connectivity index (χ0v) is 18.9. The number of carbonyl (C=O) groups excluding carboxylic acids is 2. The van der Waals surface area contributed by atoms with Gasteiger partial charge in [0, 0.05) is 29.3 Å². The highest BCUT2D eigenvalue weighted by atomic mass is 19.4. The van der Waals surface area contributed by atoms with E-state index in [1.807, 2.05) is 18.2 Å². The molecule has 2 N–H and O–H groups in total. The van der Waals surface area contributed by atoms with Gasteiger partial charge in [-0.3, -0.25) is 14.8 Å². The Morgan fingerprint density at radius 3 is 2.69 bits per heavy atom. The number of halogens is 3. The summed E-state index contributed by atoms with van der Waals surface area (Å²) in [6.07, 6.45) is -2.93. The molecule has 2 heterocycles. The van der Waals surface area contributed by atoms with E-state index in [1.54, 1.807) is 0 Å². The van der Waals surface area contributed by atoms with Crippen molar-refractivity contribution < 1.29 is 27.5 Å². The second kappa shape index (κ2) is 8.75. The molecule has 1 aromatic heterocycles. The molecule has 2 amide bonds. The summed E-state index contributed by atoms with van der Waals surface area (Å²) in [4.78, 5) is 25.2. The van der Waals surface area contributed by atoms with Gasteiger partial charge in [0.2, 0.25) is 5.91 Å². The van der Waals surface area contributed by atoms with Crippen LogP contribution in [0.25, 0.3) is 22.5 Å². The van der Waals surface area contributed by atoms with Crippen molar-refractivity contribution in [2.75, 3.05) is 18.0 Å². The molecule has 35 heavy (non-hydrogen) atoms. The molecule has 1 aliphatic carbocycles. The number of benzene rings is 2. The molecule has 10 heteroatoms. The van der Waals surface area contributed by atoms with Crippen molar-refractivity contribution in [2.45, 2.75) is 38.5 Å². The number of anilines is 1. The second-order valence-corrected chi connectivity index (χ2v) is 8.75. The Balaban J connectivity index is 1.46. The number of hydrogen-bond acceptors (Lipinski definition) is 4. The van der Waals surface area contributed by atoms with Crippen LogP contribution >= 0.6 is 0 Å². The number of hydrogen-bond donors (Lipinski definition) is 2. The molecule has 0 radical (unpaired) electrons. The molecule has 0 unspecified atom stereocenters. The van der Waals surface area contributed by atoms with Gasteiger partial charge in [-0.1, -0.05) is 18.2 Å². The Kier molecular flexibility index (Phi) is 5.74. The Labute approximate surface area is 199 Å². The summed E-state index contributed by atoms with van der Waals surface area (Å²) in [6, 6.07) is 10.8. The fraction of sp³-hybridized carbons (Fsp3) is 0.320. The summed E-state index contributed by atoms with van der Waals surface area (Å²) < 4.78 is 44.3. The van der Waals surface area contributed by atoms with Gasteiger partial charge in [-0.25, -0.2) is 4.79 Å². The molecule has 1 fully saturated rings. The lowest BCUT2D eigenvalue weighted by Gasteiger charge is -2.16. The predicted octanol–water partition coefficient (Wildman–Crippen LogP) is 4.71. The van der Waals surface area contributed by atoms with Crippen molar-refractivity contribution in [2.24, 2.45) is 0 Å². The molecule has 2 aromatic carbocycles. The summed E-state index contributed by atoms with van der Waals surface area (Å²) in [5.74, 6) is -0.194. The maximum atomic E-state index is 13.0. The first-order valence-corrected chi connectivity index (χ1v) is 11.3. The third-order valence-corrected chi connectivity index (χ3v) is 6.35. The minimum Gasteiger partial charge on any atom is -0.442 e. The van der Waals surface area contributed by atoms with Gasteiger partial charge in [-0.05, 0) is 49.1 Å². The molecule has 1 atom stereocenters. The van der Waals surface area contributed by atoms with Crippen LogP contribution in [0.15, 0.2) is 42.5 Å². The molecule has 7 nitrogen and oxygen atoms in total. The van der Waals surface area contributed by atoms with Crippen molar-refractivity contribution in [3.63, 3.8) is 0 Å². The highest BCUT2D eigenvalue weighted by Crippen LogP contribution is 2.39. The third kappa shape index (κ3) is 4.48. The zero-order chi connectivity index (χ0) is 24.7. The lowest BCUT2D eigenvalue weighted by molar-refractivity contribution is -0.137. The number of alkyl halides is 3. The second-order valence-electron chi connectivity index (χ2n) is 8.75. The largest absolute Gasteiger partial charge is 0.442 e. The number of aromatic amines is 1. The van der Waals surface area contributed by atoms with Crippen LogP contribution in [-0.4, -0.2) is 41.4 Å². The Morgan fingerprint density at radius 2 is 1.97 bits per heavy atom. The summed E-state index contributed by atoms with van der Waals surface area (Å²) in [7, 11) is 0. The van der Waals surface area contributed by atoms with Crippen LogP contribution in [-0.2, 0) is 28.5 Å². The SMILES string of the molecule is CC(=O)NC[C@H]1CN(c2ccc3c(c2)-c2[nH]nc(-c4ccc(C(F)(F)F)cc4)c2CCC3)C(=O)O1. The molecule has 0 spiro atoms. The van der Waals surface area contributed by atoms with Gasteiger partial charge in [-0.15, -0.1) is 0 Å². The lowest BCUT2D eigenvalue weighted by atomic mass is 9.98. The average molecular weight is 484 g/mol. The zero-order valence-electron chi connectivity index (χ0n) is 18.9. The number of H-pyrrole nitrogens is 1. The number of nitrogens with zero attached hydrogens (tertiary/aromatic N) is 2. The Morgan fingerprint density at radius 1 is 1.20 bits per heavy atom. The molecular formula is C25H23F3N4O3. The van der Waals surface area contributed by atoms with Gasteiger partial charge in [-0.2, -0.15) is 18.3 Å². The topological polar surface area (TPSA) is 87.3 Å². The van der Waals surface area contributed by atoms with E-state index in [0.29, 0.717) is 23.5 Å². The molecule has 2 aliphatic rings. The van der Waals surface area contributed by atoms with Crippen molar-refractivity contribution in [3.05, 3.63) is 59.2 Å². The van der Waals surface area contributed by atoms with Crippen molar-refractivity contribution in [1.82, 2.24) is 15.5 Å². The lowest BCUT2D eigenvalue weighted by Crippen LogP contribution is -2.33. The van der Waals surface area contributed by atoms with Crippen molar-refractivity contribution in [1.29, 1.82) is 0 Å². The molecule has 5 rings (SSSR count). The van der Waals surface area contributed by atoms with Gasteiger partial charge < -0.3 is 10.1 Å². The minimum absolute atomic E-state index is 0.194. The number of aryl methyl sites for hydroxylation is 1. The standard InChI is InChI=1S/C25H23F3N4O3/c1-14(33)29-12-19-13-32(24(34)35-19)18-10-7-15-3-2-4-20-22(30-31-23(20)21(15)11-18)16-5-8-17(9-6-16)25(26,27)28/h5-11,19H,2-4,12-13H2,1H3,(H,29,33)(H,30,31)/t19-/m0/s1. The quantitative estimate of drug-likeness (QED) is 0.562. The minimum atomic E-state index is -4.39. The highest BCUT2D eigenvalue weighted by Gasteiger charge is 2.33. The van der Waals surface area contributed by atoms with Gasteiger partial charge >= 0.3 is 12.3 Å². The molecule has 182 valence electrons. The predicted molar refractivity (Wildman–Crippen MR) is 123 cm³/mol. The highest BCUT2D eigenvalue weighted by molar-refractivity contribution is 5.91. The molecule has 1 saturated heterocycles. The van der Waals surface area contributed by atoms with Gasteiger partial charge in [0.1, 0.15) is 6.10 Å². The fourth-order valence-corrected chi connectivity index (χ4v) is 4.62. The summed E-state index contributed by atoms with van der Waals surface area (Å²) in [5, 5.41) is 10.2. The van der Waals surface area contributed by atoms with Crippen LogP contribution < -0.4 is 10.2 Å². The number of ether oxygens (including phenoxy) is 1. The van der Waals surface area contributed by atoms with Crippen LogP contribution in [0.5, 0.6) is 0 Å². The monoisotopic (exact) mass is 484 g/mol. The first-order chi connectivity index (χ1) is 16.7. The van der Waals surface area contributed by atoms with E-state index in [0.717, 1.165) is 53.8 Å². The first kappa shape index (κ1) is 22.9. The Bertz CT molecular complexity index is 1280. The van der Waals surface area contributed by atoms with E-state index in [2.05, 4.69) is 15.5 Å². The molecule has 0 bridgehead atoms. The number of fused-ring (bicyclic) bond motifs is 3. The summed E-state index contributed by atoms with van der Waals surface area (Å²) in [6.45, 7) is 1.95. The van der Waals surface area contributed by atoms with E-state index in [-0.39, 0.29) is 12.5 Å². The van der Waals surface area contributed by atoms with Crippen LogP contribution in [0.3, 0.4) is 0 Å². The maximum Gasteiger partial charge on any atom is 0.416 e. The number of rotatable bonds is 4. The van der Waals surface area contributed by atoms with E-state index < -0.39 is 23.9 Å². The molecular weight excluding hydrogens is 461 g/mol. The van der Waals surface area contributed by atoms with Crippen LogP contribution in [0, 0.1) is 0 Å². The van der Waals surface area contributed by atoms with Crippen molar-refractivity contribution in [3.8, 4) is 22.5 Å². The van der Waals surface area contributed by atoms with Crippen LogP contribution in [0.4, 0.5) is 23.7 Å². The summed E-state index contributed by atoms with van der Waals surface area (Å²) in [5.41, 5.74) is 4.94. The van der Waals surface area contributed by atoms with Gasteiger partial charge in [0.05, 0.1) is 30.0 Å². The average Bonchev–Trinajstić information content (AvgIpc) is 3.36. The third-order valence-electron chi connectivity index (χ3n) is 6.35. The van der Waals surface area contributed by atoms with E-state index in [4.69, 9.17) is 4.74 Å². The smallest absolute Gasteiger partial charge is 0.416 e. The van der Waals surface area contributed by atoms with Crippen molar-refractivity contribution >= 4 is 17.7 Å². The maximum absolute atomic E-state index is 13.0. The number of aromatic nitrogens is 2. The van der Waals surface area contributed by atoms with Crippen LogP contribution in [0.2, 0.25) is 0 Å². The van der Waals surface area contributed by atoms with Crippen LogP contribution in [0.1, 0.15) is 30.0 Å².